The van der Waals surface area contributed by atoms with Gasteiger partial charge in [0.2, 0.25) is 0 Å². The molecule has 0 radical (unpaired) electrons. The summed E-state index contributed by atoms with van der Waals surface area (Å²) in [5.74, 6) is 0.0310. The Bertz CT molecular complexity index is 635. The average Bonchev–Trinajstić information content (AvgIpc) is 2.63. The normalized spacial score (nSPS) is 25.9. The highest BCUT2D eigenvalue weighted by molar-refractivity contribution is 6.78. The van der Waals surface area contributed by atoms with Crippen LogP contribution >= 0.6 is 0 Å². The summed E-state index contributed by atoms with van der Waals surface area (Å²) in [4.78, 5) is 0. The van der Waals surface area contributed by atoms with Crippen LogP contribution in [0.4, 0.5) is 0 Å². The van der Waals surface area contributed by atoms with Crippen LogP contribution in [0.2, 0.25) is 18.6 Å². The molecule has 2 N–H and O–H groups in total. The standard InChI is InChI=1S/C23H34O2Si/c1-6-17(3)20(15-24)22-19(7-2)13-14-21(23(22)25)26(4,5)16-18-11-9-8-10-12-18/h6-13,17,20-25H,1-2,14-16H2,3-5H3/t17-,20-,21-,22-,23-/m0/s1. The molecule has 1 aromatic carbocycles. The fourth-order valence-electron chi connectivity index (χ4n) is 4.52. The van der Waals surface area contributed by atoms with E-state index in [1.807, 2.05) is 18.2 Å². The van der Waals surface area contributed by atoms with Crippen molar-refractivity contribution in [3.8, 4) is 0 Å². The second kappa shape index (κ2) is 8.98. The molecule has 0 bridgehead atoms. The van der Waals surface area contributed by atoms with Gasteiger partial charge in [0.15, 0.2) is 0 Å². The van der Waals surface area contributed by atoms with Gasteiger partial charge >= 0.3 is 0 Å². The summed E-state index contributed by atoms with van der Waals surface area (Å²) in [6, 6.07) is 11.6. The van der Waals surface area contributed by atoms with Gasteiger partial charge in [-0.2, -0.15) is 0 Å². The molecule has 0 spiro atoms. The summed E-state index contributed by atoms with van der Waals surface area (Å²) in [5, 5.41) is 21.4. The zero-order valence-electron chi connectivity index (χ0n) is 16.4. The van der Waals surface area contributed by atoms with Crippen LogP contribution < -0.4 is 0 Å². The molecule has 0 fully saturated rings. The number of hydrogen-bond donors (Lipinski definition) is 2. The van der Waals surface area contributed by atoms with Crippen molar-refractivity contribution >= 4 is 8.07 Å². The van der Waals surface area contributed by atoms with Crippen molar-refractivity contribution in [1.82, 2.24) is 0 Å². The zero-order chi connectivity index (χ0) is 19.3. The number of aliphatic hydroxyl groups excluding tert-OH is 2. The molecule has 142 valence electrons. The van der Waals surface area contributed by atoms with Gasteiger partial charge in [-0.3, -0.25) is 0 Å². The van der Waals surface area contributed by atoms with E-state index in [4.69, 9.17) is 0 Å². The van der Waals surface area contributed by atoms with Gasteiger partial charge in [0.25, 0.3) is 0 Å². The Labute approximate surface area is 160 Å². The van der Waals surface area contributed by atoms with E-state index in [1.54, 1.807) is 0 Å². The molecule has 0 saturated carbocycles. The first-order chi connectivity index (χ1) is 12.4. The summed E-state index contributed by atoms with van der Waals surface area (Å²) in [6.07, 6.45) is 6.43. The molecule has 5 atom stereocenters. The van der Waals surface area contributed by atoms with Crippen molar-refractivity contribution in [1.29, 1.82) is 0 Å². The van der Waals surface area contributed by atoms with E-state index in [0.717, 1.165) is 18.0 Å². The number of benzene rings is 1. The van der Waals surface area contributed by atoms with Gasteiger partial charge in [0, 0.05) is 12.5 Å². The van der Waals surface area contributed by atoms with E-state index in [-0.39, 0.29) is 29.9 Å². The van der Waals surface area contributed by atoms with Crippen LogP contribution in [0.1, 0.15) is 18.9 Å². The maximum absolute atomic E-state index is 11.4. The zero-order valence-corrected chi connectivity index (χ0v) is 17.4. The third-order valence-corrected chi connectivity index (χ3v) is 10.1. The van der Waals surface area contributed by atoms with E-state index in [2.05, 4.69) is 63.5 Å². The smallest absolute Gasteiger partial charge is 0.0620 e. The van der Waals surface area contributed by atoms with E-state index in [0.29, 0.717) is 0 Å². The van der Waals surface area contributed by atoms with Crippen molar-refractivity contribution in [2.75, 3.05) is 6.61 Å². The van der Waals surface area contributed by atoms with Crippen LogP contribution in [0, 0.1) is 17.8 Å². The van der Waals surface area contributed by atoms with Gasteiger partial charge < -0.3 is 10.2 Å². The first-order valence-electron chi connectivity index (χ1n) is 9.63. The summed E-state index contributed by atoms with van der Waals surface area (Å²) >= 11 is 0. The molecule has 0 saturated heterocycles. The highest BCUT2D eigenvalue weighted by atomic mass is 28.3. The Kier molecular flexibility index (Phi) is 7.21. The predicted molar refractivity (Wildman–Crippen MR) is 114 cm³/mol. The third kappa shape index (κ3) is 4.45. The van der Waals surface area contributed by atoms with Crippen LogP contribution in [-0.2, 0) is 6.04 Å². The first-order valence-corrected chi connectivity index (χ1v) is 12.9. The molecule has 0 aliphatic heterocycles. The van der Waals surface area contributed by atoms with Crippen LogP contribution in [-0.4, -0.2) is 31.0 Å². The highest BCUT2D eigenvalue weighted by Crippen LogP contribution is 2.45. The fraction of sp³-hybridized carbons (Fsp3) is 0.478. The Morgan fingerprint density at radius 1 is 1.23 bits per heavy atom. The largest absolute Gasteiger partial charge is 0.396 e. The van der Waals surface area contributed by atoms with Gasteiger partial charge in [-0.05, 0) is 35.4 Å². The summed E-state index contributed by atoms with van der Waals surface area (Å²) in [6.45, 7) is 14.7. The summed E-state index contributed by atoms with van der Waals surface area (Å²) in [5.41, 5.74) is 2.69. The van der Waals surface area contributed by atoms with Gasteiger partial charge in [0.1, 0.15) is 0 Å². The minimum atomic E-state index is -1.73. The molecule has 1 aromatic rings. The molecule has 1 aliphatic carbocycles. The summed E-state index contributed by atoms with van der Waals surface area (Å²) < 4.78 is 0. The SMILES string of the molecule is C=CC1=CC[C@H]([Si](C)(C)Cc2ccccc2)[C@H](O)[C@@H]1[C@@H](CO)[C@@H](C)C=C. The number of aliphatic hydroxyl groups is 2. The Morgan fingerprint density at radius 2 is 1.88 bits per heavy atom. The maximum atomic E-state index is 11.4. The Morgan fingerprint density at radius 3 is 2.42 bits per heavy atom. The molecule has 0 amide bonds. The Hall–Kier alpha value is -1.42. The van der Waals surface area contributed by atoms with Crippen molar-refractivity contribution < 1.29 is 10.2 Å². The van der Waals surface area contributed by atoms with Crippen molar-refractivity contribution in [2.24, 2.45) is 17.8 Å². The second-order valence-electron chi connectivity index (χ2n) is 8.36. The third-order valence-electron chi connectivity index (χ3n) is 6.23. The molecular weight excluding hydrogens is 336 g/mol. The van der Waals surface area contributed by atoms with Gasteiger partial charge in [-0.25, -0.2) is 0 Å². The highest BCUT2D eigenvalue weighted by Gasteiger charge is 2.45. The average molecular weight is 371 g/mol. The lowest BCUT2D eigenvalue weighted by atomic mass is 9.72. The topological polar surface area (TPSA) is 40.5 Å². The maximum Gasteiger partial charge on any atom is 0.0620 e. The number of hydrogen-bond acceptors (Lipinski definition) is 2. The van der Waals surface area contributed by atoms with E-state index >= 15 is 0 Å². The van der Waals surface area contributed by atoms with E-state index in [1.165, 1.54) is 5.56 Å². The van der Waals surface area contributed by atoms with Crippen molar-refractivity contribution in [2.45, 2.75) is 44.1 Å². The molecule has 1 aliphatic rings. The quantitative estimate of drug-likeness (QED) is 0.511. The molecule has 2 rings (SSSR count). The minimum Gasteiger partial charge on any atom is -0.396 e. The second-order valence-corrected chi connectivity index (χ2v) is 13.4. The van der Waals surface area contributed by atoms with Crippen molar-refractivity contribution in [3.05, 3.63) is 72.9 Å². The number of rotatable bonds is 8. The summed E-state index contributed by atoms with van der Waals surface area (Å²) in [7, 11) is -1.73. The first kappa shape index (κ1) is 20.9. The van der Waals surface area contributed by atoms with Crippen LogP contribution in [0.15, 0.2) is 67.3 Å². The molecular formula is C23H34O2Si. The van der Waals surface area contributed by atoms with E-state index < -0.39 is 14.2 Å². The predicted octanol–water partition coefficient (Wildman–Crippen LogP) is 4.77. The lowest BCUT2D eigenvalue weighted by Crippen LogP contribution is -2.48. The molecule has 0 heterocycles. The molecule has 0 aromatic heterocycles. The Balaban J connectivity index is 2.32. The lowest BCUT2D eigenvalue weighted by Gasteiger charge is -2.45. The van der Waals surface area contributed by atoms with E-state index in [9.17, 15) is 10.2 Å². The molecule has 3 heteroatoms. The molecule has 2 nitrogen and oxygen atoms in total. The van der Waals surface area contributed by atoms with Gasteiger partial charge in [-0.1, -0.05) is 80.7 Å². The molecule has 26 heavy (non-hydrogen) atoms. The van der Waals surface area contributed by atoms with Crippen LogP contribution in [0.3, 0.4) is 0 Å². The van der Waals surface area contributed by atoms with Crippen LogP contribution in [0.5, 0.6) is 0 Å². The fourth-order valence-corrected chi connectivity index (χ4v) is 7.96. The van der Waals surface area contributed by atoms with Gasteiger partial charge in [0.05, 0.1) is 14.2 Å². The van der Waals surface area contributed by atoms with Crippen molar-refractivity contribution in [3.63, 3.8) is 0 Å². The minimum absolute atomic E-state index is 0.0314. The number of allylic oxidation sites excluding steroid dienone is 3. The van der Waals surface area contributed by atoms with Crippen LogP contribution in [0.25, 0.3) is 0 Å². The monoisotopic (exact) mass is 370 g/mol. The molecule has 0 unspecified atom stereocenters. The van der Waals surface area contributed by atoms with Gasteiger partial charge in [-0.15, -0.1) is 6.58 Å². The lowest BCUT2D eigenvalue weighted by molar-refractivity contribution is 0.0433.